The zero-order valence-electron chi connectivity index (χ0n) is 11.1. The highest BCUT2D eigenvalue weighted by atomic mass is 32.2. The van der Waals surface area contributed by atoms with Crippen LogP contribution in [0.25, 0.3) is 0 Å². The maximum Gasteiger partial charge on any atom is 0.330 e. The Morgan fingerprint density at radius 3 is 2.60 bits per heavy atom. The van der Waals surface area contributed by atoms with Gasteiger partial charge in [0.05, 0.1) is 6.07 Å². The Morgan fingerprint density at radius 1 is 1.35 bits per heavy atom. The molecule has 0 saturated carbocycles. The molecule has 2 rings (SSSR count). The third-order valence-corrected chi connectivity index (χ3v) is 5.24. The minimum Gasteiger partial charge on any atom is -0.302 e. The van der Waals surface area contributed by atoms with Crippen LogP contribution in [0.4, 0.5) is 0 Å². The lowest BCUT2D eigenvalue weighted by atomic mass is 10.2. The van der Waals surface area contributed by atoms with Gasteiger partial charge in [-0.25, -0.2) is 13.2 Å². The van der Waals surface area contributed by atoms with Crippen molar-refractivity contribution in [3.8, 4) is 6.07 Å². The fraction of sp³-hybridized carbons (Fsp3) is 0.545. The van der Waals surface area contributed by atoms with Gasteiger partial charge in [0.2, 0.25) is 0 Å². The summed E-state index contributed by atoms with van der Waals surface area (Å²) in [6.45, 7) is 0.201. The van der Waals surface area contributed by atoms with E-state index in [0.29, 0.717) is 12.8 Å². The summed E-state index contributed by atoms with van der Waals surface area (Å²) in [5.41, 5.74) is -1.48. The molecule has 9 heteroatoms. The minimum atomic E-state index is -4.07. The quantitative estimate of drug-likeness (QED) is 0.679. The summed E-state index contributed by atoms with van der Waals surface area (Å²) in [6, 6.07) is 1.16. The van der Waals surface area contributed by atoms with Gasteiger partial charge in [0.1, 0.15) is 6.04 Å². The van der Waals surface area contributed by atoms with Gasteiger partial charge in [-0.05, 0) is 12.8 Å². The normalized spacial score (nSPS) is 19.9. The molecule has 1 fully saturated rings. The van der Waals surface area contributed by atoms with E-state index in [9.17, 15) is 18.0 Å². The molecule has 1 atom stereocenters. The Morgan fingerprint density at radius 2 is 2.00 bits per heavy atom. The molecule has 0 aliphatic carbocycles. The highest BCUT2D eigenvalue weighted by molar-refractivity contribution is 7.89. The number of sulfonamides is 1. The van der Waals surface area contributed by atoms with Crippen molar-refractivity contribution in [1.29, 1.82) is 5.26 Å². The number of rotatable bonds is 2. The summed E-state index contributed by atoms with van der Waals surface area (Å²) in [6.07, 6.45) is 2.03. The Bertz CT molecular complexity index is 799. The largest absolute Gasteiger partial charge is 0.330 e. The molecule has 0 bridgehead atoms. The summed E-state index contributed by atoms with van der Waals surface area (Å²) < 4.78 is 27.8. The Hall–Kier alpha value is -1.92. The zero-order valence-corrected chi connectivity index (χ0v) is 11.9. The van der Waals surface area contributed by atoms with Crippen molar-refractivity contribution < 1.29 is 8.42 Å². The number of aromatic nitrogens is 2. The van der Waals surface area contributed by atoms with Crippen molar-refractivity contribution in [2.45, 2.75) is 23.8 Å². The van der Waals surface area contributed by atoms with Gasteiger partial charge in [0.25, 0.3) is 15.6 Å². The number of aryl methyl sites for hydroxylation is 1. The van der Waals surface area contributed by atoms with Crippen LogP contribution in [0.3, 0.4) is 0 Å². The molecule has 2 heterocycles. The van der Waals surface area contributed by atoms with Crippen LogP contribution in [0, 0.1) is 11.3 Å². The first-order valence-corrected chi connectivity index (χ1v) is 7.43. The van der Waals surface area contributed by atoms with Gasteiger partial charge in [-0.3, -0.25) is 9.36 Å². The lowest BCUT2D eigenvalue weighted by molar-refractivity contribution is 0.434. The number of hydrogen-bond donors (Lipinski definition) is 0. The van der Waals surface area contributed by atoms with E-state index in [-0.39, 0.29) is 6.54 Å². The number of nitriles is 1. The summed E-state index contributed by atoms with van der Waals surface area (Å²) in [5.74, 6) is 0. The second kappa shape index (κ2) is 4.88. The molecule has 20 heavy (non-hydrogen) atoms. The highest BCUT2D eigenvalue weighted by Gasteiger charge is 2.37. The molecular weight excluding hydrogens is 284 g/mol. The monoisotopic (exact) mass is 298 g/mol. The molecule has 108 valence electrons. The van der Waals surface area contributed by atoms with E-state index in [0.717, 1.165) is 19.6 Å². The minimum absolute atomic E-state index is 0.201. The van der Waals surface area contributed by atoms with Crippen LogP contribution in [0.2, 0.25) is 0 Å². The van der Waals surface area contributed by atoms with Gasteiger partial charge in [0, 0.05) is 26.8 Å². The molecule has 0 N–H and O–H groups in total. The van der Waals surface area contributed by atoms with Crippen molar-refractivity contribution in [2.24, 2.45) is 14.1 Å². The maximum atomic E-state index is 12.5. The Labute approximate surface area is 115 Å². The zero-order chi connectivity index (χ0) is 15.1. The predicted octanol–water partition coefficient (Wildman–Crippen LogP) is -1.24. The molecule has 0 radical (unpaired) electrons. The third-order valence-electron chi connectivity index (χ3n) is 3.35. The summed E-state index contributed by atoms with van der Waals surface area (Å²) in [5, 5.41) is 8.97. The van der Waals surface area contributed by atoms with E-state index >= 15 is 0 Å². The van der Waals surface area contributed by atoms with Gasteiger partial charge in [-0.1, -0.05) is 0 Å². The van der Waals surface area contributed by atoms with Crippen LogP contribution < -0.4 is 11.2 Å². The number of nitrogens with zero attached hydrogens (tertiary/aromatic N) is 4. The predicted molar refractivity (Wildman–Crippen MR) is 69.5 cm³/mol. The van der Waals surface area contributed by atoms with Crippen molar-refractivity contribution in [1.82, 2.24) is 13.4 Å². The fourth-order valence-corrected chi connectivity index (χ4v) is 3.99. The first-order valence-electron chi connectivity index (χ1n) is 5.99. The highest BCUT2D eigenvalue weighted by Crippen LogP contribution is 2.23. The first-order chi connectivity index (χ1) is 9.30. The molecule has 1 aliphatic heterocycles. The van der Waals surface area contributed by atoms with Gasteiger partial charge >= 0.3 is 5.69 Å². The molecule has 1 unspecified atom stereocenters. The molecule has 0 amide bonds. The van der Waals surface area contributed by atoms with E-state index in [1.54, 1.807) is 0 Å². The second-order valence-electron chi connectivity index (χ2n) is 4.65. The van der Waals surface area contributed by atoms with Crippen LogP contribution in [0.15, 0.2) is 20.7 Å². The molecule has 8 nitrogen and oxygen atoms in total. The van der Waals surface area contributed by atoms with Crippen molar-refractivity contribution in [3.63, 3.8) is 0 Å². The van der Waals surface area contributed by atoms with E-state index in [1.807, 2.05) is 6.07 Å². The van der Waals surface area contributed by atoms with Crippen LogP contribution in [0.1, 0.15) is 12.8 Å². The molecule has 0 spiro atoms. The Kier molecular flexibility index (Phi) is 3.54. The van der Waals surface area contributed by atoms with E-state index in [1.165, 1.54) is 14.1 Å². The maximum absolute atomic E-state index is 12.5. The van der Waals surface area contributed by atoms with Crippen LogP contribution in [-0.2, 0) is 24.1 Å². The third kappa shape index (κ3) is 2.07. The van der Waals surface area contributed by atoms with Crippen molar-refractivity contribution in [2.75, 3.05) is 6.54 Å². The number of hydrogen-bond acceptors (Lipinski definition) is 5. The van der Waals surface area contributed by atoms with Crippen molar-refractivity contribution >= 4 is 10.0 Å². The molecule has 0 aromatic carbocycles. The van der Waals surface area contributed by atoms with Gasteiger partial charge in [-0.2, -0.15) is 9.57 Å². The lowest BCUT2D eigenvalue weighted by Crippen LogP contribution is -2.43. The standard InChI is InChI=1S/C11H14N4O4S/c1-13-7-9(10(16)14(2)11(13)17)20(18,19)15-5-3-4-8(15)6-12/h7-8H,3-5H2,1-2H3. The molecule has 1 aromatic heterocycles. The SMILES string of the molecule is Cn1cc(S(=O)(=O)N2CCCC2C#N)c(=O)n(C)c1=O. The smallest absolute Gasteiger partial charge is 0.302 e. The van der Waals surface area contributed by atoms with Crippen LogP contribution in [-0.4, -0.2) is 34.4 Å². The lowest BCUT2D eigenvalue weighted by Gasteiger charge is -2.19. The summed E-state index contributed by atoms with van der Waals surface area (Å²) in [4.78, 5) is 23.1. The Balaban J connectivity index is 2.66. The van der Waals surface area contributed by atoms with E-state index in [4.69, 9.17) is 5.26 Å². The van der Waals surface area contributed by atoms with Gasteiger partial charge in [-0.15, -0.1) is 0 Å². The molecule has 1 saturated heterocycles. The van der Waals surface area contributed by atoms with Gasteiger partial charge < -0.3 is 4.57 Å². The van der Waals surface area contributed by atoms with E-state index < -0.39 is 32.2 Å². The van der Waals surface area contributed by atoms with Crippen molar-refractivity contribution in [3.05, 3.63) is 27.0 Å². The van der Waals surface area contributed by atoms with Crippen LogP contribution in [0.5, 0.6) is 0 Å². The average molecular weight is 298 g/mol. The van der Waals surface area contributed by atoms with Gasteiger partial charge in [0.15, 0.2) is 4.90 Å². The topological polar surface area (TPSA) is 105 Å². The molecule has 1 aliphatic rings. The van der Waals surface area contributed by atoms with E-state index in [2.05, 4.69) is 0 Å². The second-order valence-corrected chi connectivity index (χ2v) is 6.51. The molecule has 1 aromatic rings. The average Bonchev–Trinajstić information content (AvgIpc) is 2.89. The first kappa shape index (κ1) is 14.5. The fourth-order valence-electron chi connectivity index (χ4n) is 2.24. The summed E-state index contributed by atoms with van der Waals surface area (Å²) >= 11 is 0. The van der Waals surface area contributed by atoms with Crippen LogP contribution >= 0.6 is 0 Å². The molecular formula is C11H14N4O4S. The summed E-state index contributed by atoms with van der Waals surface area (Å²) in [7, 11) is -1.49.